The number of benzene rings is 1. The Morgan fingerprint density at radius 2 is 1.62 bits per heavy atom. The van der Waals surface area contributed by atoms with Crippen LogP contribution in [0.25, 0.3) is 0 Å². The second-order valence-corrected chi connectivity index (χ2v) is 8.68. The van der Waals surface area contributed by atoms with Crippen LogP contribution in [0.1, 0.15) is 12.0 Å². The smallest absolute Gasteiger partial charge is 0.465 e. The fraction of sp³-hybridized carbons (Fsp3) is 0.667. The molecule has 7 nitrogen and oxygen atoms in total. The molecule has 0 spiro atoms. The van der Waals surface area contributed by atoms with Gasteiger partial charge in [0.2, 0.25) is 0 Å². The highest BCUT2D eigenvalue weighted by Crippen LogP contribution is 2.43. The fourth-order valence-corrected chi connectivity index (χ4v) is 4.39. The largest absolute Gasteiger partial charge is 0.573 e. The van der Waals surface area contributed by atoms with E-state index in [4.69, 9.17) is 4.74 Å². The van der Waals surface area contributed by atoms with Crippen LogP contribution >= 0.6 is 0 Å². The summed E-state index contributed by atoms with van der Waals surface area (Å²) in [6.07, 6.45) is -19.6. The first kappa shape index (κ1) is 28.9. The lowest BCUT2D eigenvalue weighted by Gasteiger charge is -2.41. The van der Waals surface area contributed by atoms with Gasteiger partial charge in [-0.1, -0.05) is 6.07 Å². The Labute approximate surface area is 205 Å². The van der Waals surface area contributed by atoms with E-state index in [9.17, 15) is 49.4 Å². The lowest BCUT2D eigenvalue weighted by molar-refractivity contribution is -0.288. The van der Waals surface area contributed by atoms with E-state index in [0.717, 1.165) is 6.07 Å². The van der Waals surface area contributed by atoms with Crippen LogP contribution in [0.4, 0.5) is 50.0 Å². The van der Waals surface area contributed by atoms with Crippen LogP contribution < -0.4 is 9.64 Å². The molecule has 0 aromatic heterocycles. The van der Waals surface area contributed by atoms with Crippen molar-refractivity contribution in [2.75, 3.05) is 50.8 Å². The van der Waals surface area contributed by atoms with E-state index in [-0.39, 0.29) is 18.7 Å². The van der Waals surface area contributed by atoms with Crippen molar-refractivity contribution in [2.24, 2.45) is 5.92 Å². The Morgan fingerprint density at radius 3 is 2.16 bits per heavy atom. The second-order valence-electron chi connectivity index (χ2n) is 8.68. The van der Waals surface area contributed by atoms with Crippen LogP contribution in [-0.2, 0) is 11.3 Å². The summed E-state index contributed by atoms with van der Waals surface area (Å²) in [5.74, 6) is -4.33. The fourth-order valence-electron chi connectivity index (χ4n) is 4.39. The zero-order valence-electron chi connectivity index (χ0n) is 19.2. The minimum Gasteiger partial charge on any atom is -0.465 e. The Balaban J connectivity index is 1.83. The van der Waals surface area contributed by atoms with Gasteiger partial charge in [-0.2, -0.15) is 26.3 Å². The monoisotopic (exact) mass is 553 g/mol. The van der Waals surface area contributed by atoms with Crippen LogP contribution in [0, 0.1) is 5.92 Å². The number of halogens is 9. The number of amides is 1. The summed E-state index contributed by atoms with van der Waals surface area (Å²) in [4.78, 5) is 15.1. The van der Waals surface area contributed by atoms with Gasteiger partial charge in [0.1, 0.15) is 5.75 Å². The van der Waals surface area contributed by atoms with Crippen molar-refractivity contribution in [1.29, 1.82) is 0 Å². The standard InChI is InChI=1S/C21H24F9N3O4/c22-19(23,24)17(20(25,26)27)10-15-12-31(3-4-33(15)18(34)35)11-13-1-2-14(32-5-7-36-8-6-32)9-16(13)37-21(28,29)30/h1-2,9,15,17H,3-8,10-12H2,(H,34,35). The summed E-state index contributed by atoms with van der Waals surface area (Å²) in [7, 11) is 0. The van der Waals surface area contributed by atoms with Gasteiger partial charge in [0.05, 0.1) is 13.2 Å². The van der Waals surface area contributed by atoms with Gasteiger partial charge < -0.3 is 24.4 Å². The van der Waals surface area contributed by atoms with Gasteiger partial charge >= 0.3 is 24.8 Å². The number of ether oxygens (including phenoxy) is 2. The maximum atomic E-state index is 13.1. The molecule has 0 aliphatic carbocycles. The van der Waals surface area contributed by atoms with Crippen molar-refractivity contribution in [3.05, 3.63) is 23.8 Å². The predicted octanol–water partition coefficient (Wildman–Crippen LogP) is 4.72. The third kappa shape index (κ3) is 7.93. The molecule has 0 radical (unpaired) electrons. The molecule has 1 unspecified atom stereocenters. The molecule has 1 aromatic rings. The molecule has 16 heteroatoms. The second kappa shape index (κ2) is 11.0. The molecule has 37 heavy (non-hydrogen) atoms. The molecule has 1 aromatic carbocycles. The van der Waals surface area contributed by atoms with Crippen LogP contribution in [-0.4, -0.2) is 91.7 Å². The van der Waals surface area contributed by atoms with Gasteiger partial charge in [0, 0.05) is 62.6 Å². The van der Waals surface area contributed by atoms with E-state index in [1.807, 2.05) is 0 Å². The normalized spacial score (nSPS) is 20.4. The average Bonchev–Trinajstić information content (AvgIpc) is 2.76. The van der Waals surface area contributed by atoms with E-state index in [0.29, 0.717) is 36.9 Å². The van der Waals surface area contributed by atoms with Crippen molar-refractivity contribution >= 4 is 11.8 Å². The first-order valence-electron chi connectivity index (χ1n) is 11.1. The van der Waals surface area contributed by atoms with Crippen LogP contribution in [0.5, 0.6) is 5.75 Å². The summed E-state index contributed by atoms with van der Waals surface area (Å²) >= 11 is 0. The van der Waals surface area contributed by atoms with Crippen molar-refractivity contribution < 1.29 is 58.9 Å². The van der Waals surface area contributed by atoms with Gasteiger partial charge in [-0.3, -0.25) is 4.90 Å². The van der Waals surface area contributed by atoms with E-state index in [1.165, 1.54) is 17.0 Å². The summed E-state index contributed by atoms with van der Waals surface area (Å²) in [6.45, 7) is 0.151. The highest BCUT2D eigenvalue weighted by atomic mass is 19.4. The number of nitrogens with zero attached hydrogens (tertiary/aromatic N) is 3. The third-order valence-electron chi connectivity index (χ3n) is 6.16. The first-order valence-corrected chi connectivity index (χ1v) is 11.1. The predicted molar refractivity (Wildman–Crippen MR) is 110 cm³/mol. The topological polar surface area (TPSA) is 65.5 Å². The number of carboxylic acid groups (broad SMARTS) is 1. The maximum Gasteiger partial charge on any atom is 0.573 e. The molecular formula is C21H24F9N3O4. The summed E-state index contributed by atoms with van der Waals surface area (Å²) < 4.78 is 127. The number of hydrogen-bond donors (Lipinski definition) is 1. The Bertz CT molecular complexity index is 919. The van der Waals surface area contributed by atoms with Gasteiger partial charge in [0.25, 0.3) is 0 Å². The molecular weight excluding hydrogens is 529 g/mol. The molecule has 2 heterocycles. The molecule has 1 atom stereocenters. The minimum absolute atomic E-state index is 0.0138. The Hall–Kier alpha value is -2.62. The zero-order chi connectivity index (χ0) is 27.6. The molecule has 2 fully saturated rings. The van der Waals surface area contributed by atoms with Crippen molar-refractivity contribution in [2.45, 2.75) is 37.7 Å². The number of morpholine rings is 1. The minimum atomic E-state index is -5.66. The van der Waals surface area contributed by atoms with E-state index < -0.39 is 62.0 Å². The SMILES string of the molecule is O=C(O)N1CCN(Cc2ccc(N3CCOCC3)cc2OC(F)(F)F)CC1CC(C(F)(F)F)C(F)(F)F. The Kier molecular flexibility index (Phi) is 8.61. The van der Waals surface area contributed by atoms with Crippen molar-refractivity contribution in [1.82, 2.24) is 9.80 Å². The van der Waals surface area contributed by atoms with E-state index in [1.54, 1.807) is 4.90 Å². The molecule has 210 valence electrons. The highest BCUT2D eigenvalue weighted by molar-refractivity contribution is 5.65. The van der Waals surface area contributed by atoms with E-state index in [2.05, 4.69) is 4.74 Å². The molecule has 2 saturated heterocycles. The summed E-state index contributed by atoms with van der Waals surface area (Å²) in [5, 5.41) is 9.32. The lowest BCUT2D eigenvalue weighted by atomic mass is 9.95. The average molecular weight is 553 g/mol. The number of hydrogen-bond acceptors (Lipinski definition) is 5. The number of alkyl halides is 9. The van der Waals surface area contributed by atoms with Crippen LogP contribution in [0.3, 0.4) is 0 Å². The molecule has 2 aliphatic rings. The molecule has 1 N–H and O–H groups in total. The molecule has 1 amide bonds. The maximum absolute atomic E-state index is 13.1. The van der Waals surface area contributed by atoms with Gasteiger partial charge in [-0.15, -0.1) is 13.2 Å². The van der Waals surface area contributed by atoms with E-state index >= 15 is 0 Å². The number of rotatable bonds is 6. The zero-order valence-corrected chi connectivity index (χ0v) is 19.2. The third-order valence-corrected chi connectivity index (χ3v) is 6.16. The molecule has 0 bridgehead atoms. The van der Waals surface area contributed by atoms with Gasteiger partial charge in [-0.05, 0) is 12.5 Å². The first-order chi connectivity index (χ1) is 17.0. The molecule has 3 rings (SSSR count). The quantitative estimate of drug-likeness (QED) is 0.515. The summed E-state index contributed by atoms with van der Waals surface area (Å²) in [5.41, 5.74) is 0.401. The van der Waals surface area contributed by atoms with Crippen LogP contribution in [0.15, 0.2) is 18.2 Å². The molecule has 2 aliphatic heterocycles. The number of anilines is 1. The number of carbonyl (C=O) groups is 1. The highest BCUT2D eigenvalue weighted by Gasteiger charge is 2.57. The number of piperazine rings is 1. The molecule has 0 saturated carbocycles. The van der Waals surface area contributed by atoms with Crippen molar-refractivity contribution in [3.63, 3.8) is 0 Å². The van der Waals surface area contributed by atoms with Crippen LogP contribution in [0.2, 0.25) is 0 Å². The van der Waals surface area contributed by atoms with Crippen molar-refractivity contribution in [3.8, 4) is 5.75 Å². The Morgan fingerprint density at radius 1 is 1.00 bits per heavy atom. The van der Waals surface area contributed by atoms with Gasteiger partial charge in [0.15, 0.2) is 5.92 Å². The lowest BCUT2D eigenvalue weighted by Crippen LogP contribution is -2.56. The van der Waals surface area contributed by atoms with Gasteiger partial charge in [-0.25, -0.2) is 4.79 Å². The summed E-state index contributed by atoms with van der Waals surface area (Å²) in [6, 6.07) is 2.32.